The SMILES string of the molecule is CN1C(=O)C2(CCNCC2)C1c1cccnc1. The van der Waals surface area contributed by atoms with Crippen molar-refractivity contribution in [2.45, 2.75) is 18.9 Å². The molecule has 0 saturated carbocycles. The summed E-state index contributed by atoms with van der Waals surface area (Å²) in [6, 6.07) is 4.23. The van der Waals surface area contributed by atoms with Gasteiger partial charge >= 0.3 is 0 Å². The van der Waals surface area contributed by atoms with Crippen LogP contribution in [0, 0.1) is 5.41 Å². The van der Waals surface area contributed by atoms with Gasteiger partial charge in [-0.2, -0.15) is 0 Å². The van der Waals surface area contributed by atoms with Crippen LogP contribution in [0.3, 0.4) is 0 Å². The van der Waals surface area contributed by atoms with Crippen molar-refractivity contribution in [2.24, 2.45) is 5.41 Å². The van der Waals surface area contributed by atoms with Gasteiger partial charge in [0.2, 0.25) is 5.91 Å². The lowest BCUT2D eigenvalue weighted by Crippen LogP contribution is -2.64. The summed E-state index contributed by atoms with van der Waals surface area (Å²) in [5, 5.41) is 3.33. The monoisotopic (exact) mass is 231 g/mol. The summed E-state index contributed by atoms with van der Waals surface area (Å²) in [5.74, 6) is 0.299. The van der Waals surface area contributed by atoms with Gasteiger partial charge in [-0.1, -0.05) is 6.07 Å². The maximum Gasteiger partial charge on any atom is 0.231 e. The van der Waals surface area contributed by atoms with E-state index in [0.717, 1.165) is 31.5 Å². The molecule has 1 amide bonds. The van der Waals surface area contributed by atoms with E-state index in [0.29, 0.717) is 5.91 Å². The van der Waals surface area contributed by atoms with Crippen LogP contribution in [-0.4, -0.2) is 35.9 Å². The molecule has 0 radical (unpaired) electrons. The number of nitrogens with zero attached hydrogens (tertiary/aromatic N) is 2. The molecule has 0 aromatic carbocycles. The molecule has 2 saturated heterocycles. The third kappa shape index (κ3) is 1.40. The molecular formula is C13H17N3O. The fourth-order valence-corrected chi connectivity index (χ4v) is 3.33. The smallest absolute Gasteiger partial charge is 0.231 e. The topological polar surface area (TPSA) is 45.2 Å². The second kappa shape index (κ2) is 3.81. The number of pyridine rings is 1. The summed E-state index contributed by atoms with van der Waals surface area (Å²) in [5.41, 5.74) is 1.000. The number of hydrogen-bond acceptors (Lipinski definition) is 3. The Morgan fingerprint density at radius 1 is 1.47 bits per heavy atom. The maximum absolute atomic E-state index is 12.2. The minimum absolute atomic E-state index is 0.164. The molecule has 2 aliphatic rings. The molecule has 2 aliphatic heterocycles. The van der Waals surface area contributed by atoms with Gasteiger partial charge in [0.25, 0.3) is 0 Å². The quantitative estimate of drug-likeness (QED) is 0.732. The highest BCUT2D eigenvalue weighted by Crippen LogP contribution is 2.54. The number of rotatable bonds is 1. The number of likely N-dealkylation sites (tertiary alicyclic amines) is 1. The first-order valence-electron chi connectivity index (χ1n) is 6.14. The Balaban J connectivity index is 1.95. The van der Waals surface area contributed by atoms with Crippen molar-refractivity contribution < 1.29 is 4.79 Å². The Bertz CT molecular complexity index is 426. The number of carbonyl (C=O) groups excluding carboxylic acids is 1. The van der Waals surface area contributed by atoms with E-state index in [4.69, 9.17) is 0 Å². The Morgan fingerprint density at radius 2 is 2.24 bits per heavy atom. The largest absolute Gasteiger partial charge is 0.337 e. The second-order valence-electron chi connectivity index (χ2n) is 5.01. The third-order valence-corrected chi connectivity index (χ3v) is 4.15. The van der Waals surface area contributed by atoms with Crippen LogP contribution in [0.2, 0.25) is 0 Å². The number of nitrogens with one attached hydrogen (secondary N) is 1. The van der Waals surface area contributed by atoms with Crippen molar-refractivity contribution in [1.82, 2.24) is 15.2 Å². The predicted molar refractivity (Wildman–Crippen MR) is 64.3 cm³/mol. The zero-order valence-corrected chi connectivity index (χ0v) is 10.0. The van der Waals surface area contributed by atoms with Crippen molar-refractivity contribution in [3.63, 3.8) is 0 Å². The lowest BCUT2D eigenvalue weighted by molar-refractivity contribution is -0.173. The van der Waals surface area contributed by atoms with Gasteiger partial charge in [0.15, 0.2) is 0 Å². The molecule has 0 bridgehead atoms. The molecule has 1 unspecified atom stereocenters. The molecule has 3 heterocycles. The van der Waals surface area contributed by atoms with Crippen molar-refractivity contribution in [2.75, 3.05) is 20.1 Å². The second-order valence-corrected chi connectivity index (χ2v) is 5.01. The zero-order valence-electron chi connectivity index (χ0n) is 10.0. The molecule has 2 fully saturated rings. The first kappa shape index (κ1) is 10.7. The molecule has 1 aromatic heterocycles. The van der Waals surface area contributed by atoms with Gasteiger partial charge in [0, 0.05) is 19.4 Å². The first-order valence-corrected chi connectivity index (χ1v) is 6.14. The van der Waals surface area contributed by atoms with E-state index in [2.05, 4.69) is 16.4 Å². The molecule has 4 heteroatoms. The lowest BCUT2D eigenvalue weighted by atomic mass is 9.63. The normalized spacial score (nSPS) is 27.0. The summed E-state index contributed by atoms with van der Waals surface area (Å²) < 4.78 is 0. The summed E-state index contributed by atoms with van der Waals surface area (Å²) in [7, 11) is 1.90. The standard InChI is InChI=1S/C13H17N3O/c1-16-11(10-3-2-6-15-9-10)13(12(16)17)4-7-14-8-5-13/h2-3,6,9,11,14H,4-5,7-8H2,1H3. The van der Waals surface area contributed by atoms with Crippen molar-refractivity contribution in [1.29, 1.82) is 0 Å². The van der Waals surface area contributed by atoms with E-state index in [9.17, 15) is 4.79 Å². The first-order chi connectivity index (χ1) is 8.26. The Kier molecular flexibility index (Phi) is 2.40. The average Bonchev–Trinajstić information content (AvgIpc) is 2.41. The molecule has 1 N–H and O–H groups in total. The summed E-state index contributed by atoms with van der Waals surface area (Å²) in [6.07, 6.45) is 5.54. The van der Waals surface area contributed by atoms with E-state index in [1.807, 2.05) is 24.2 Å². The van der Waals surface area contributed by atoms with Crippen molar-refractivity contribution in [3.05, 3.63) is 30.1 Å². The molecule has 1 aromatic rings. The van der Waals surface area contributed by atoms with Crippen LogP contribution >= 0.6 is 0 Å². The predicted octanol–water partition coefficient (Wildman–Crippen LogP) is 0.964. The van der Waals surface area contributed by atoms with Gasteiger partial charge in [-0.05, 0) is 37.6 Å². The number of piperidine rings is 1. The van der Waals surface area contributed by atoms with Gasteiger partial charge in [-0.15, -0.1) is 0 Å². The minimum atomic E-state index is -0.164. The summed E-state index contributed by atoms with van der Waals surface area (Å²) in [4.78, 5) is 18.2. The van der Waals surface area contributed by atoms with Crippen LogP contribution in [0.1, 0.15) is 24.4 Å². The number of carbonyl (C=O) groups is 1. The van der Waals surface area contributed by atoms with Crippen LogP contribution in [0.15, 0.2) is 24.5 Å². The summed E-state index contributed by atoms with van der Waals surface area (Å²) in [6.45, 7) is 1.88. The fraction of sp³-hybridized carbons (Fsp3) is 0.538. The molecule has 1 spiro atoms. The van der Waals surface area contributed by atoms with Crippen LogP contribution in [0.25, 0.3) is 0 Å². The van der Waals surface area contributed by atoms with Crippen molar-refractivity contribution >= 4 is 5.91 Å². The molecule has 1 atom stereocenters. The van der Waals surface area contributed by atoms with Crippen LogP contribution < -0.4 is 5.32 Å². The van der Waals surface area contributed by atoms with Gasteiger partial charge < -0.3 is 10.2 Å². The third-order valence-electron chi connectivity index (χ3n) is 4.15. The highest BCUT2D eigenvalue weighted by atomic mass is 16.2. The number of aromatic nitrogens is 1. The highest BCUT2D eigenvalue weighted by molar-refractivity contribution is 5.90. The average molecular weight is 231 g/mol. The lowest BCUT2D eigenvalue weighted by Gasteiger charge is -2.56. The number of β-lactam (4-membered cyclic amide) rings is 1. The van der Waals surface area contributed by atoms with Gasteiger partial charge in [-0.3, -0.25) is 9.78 Å². The van der Waals surface area contributed by atoms with Crippen molar-refractivity contribution in [3.8, 4) is 0 Å². The van der Waals surface area contributed by atoms with Gasteiger partial charge in [0.1, 0.15) is 0 Å². The molecule has 90 valence electrons. The Labute approximate surface area is 101 Å². The fourth-order valence-electron chi connectivity index (χ4n) is 3.33. The van der Waals surface area contributed by atoms with E-state index in [-0.39, 0.29) is 11.5 Å². The van der Waals surface area contributed by atoms with Gasteiger partial charge in [-0.25, -0.2) is 0 Å². The van der Waals surface area contributed by atoms with Gasteiger partial charge in [0.05, 0.1) is 11.5 Å². The zero-order chi connectivity index (χ0) is 11.9. The van der Waals surface area contributed by atoms with Crippen LogP contribution in [0.4, 0.5) is 0 Å². The van der Waals surface area contributed by atoms with E-state index < -0.39 is 0 Å². The number of amides is 1. The Hall–Kier alpha value is -1.42. The minimum Gasteiger partial charge on any atom is -0.337 e. The maximum atomic E-state index is 12.2. The highest BCUT2D eigenvalue weighted by Gasteiger charge is 2.59. The molecule has 4 nitrogen and oxygen atoms in total. The summed E-state index contributed by atoms with van der Waals surface area (Å²) >= 11 is 0. The van der Waals surface area contributed by atoms with Crippen LogP contribution in [0.5, 0.6) is 0 Å². The van der Waals surface area contributed by atoms with E-state index >= 15 is 0 Å². The number of hydrogen-bond donors (Lipinski definition) is 1. The molecule has 17 heavy (non-hydrogen) atoms. The van der Waals surface area contributed by atoms with Crippen LogP contribution in [-0.2, 0) is 4.79 Å². The molecular weight excluding hydrogens is 214 g/mol. The van der Waals surface area contributed by atoms with E-state index in [1.54, 1.807) is 6.20 Å². The Morgan fingerprint density at radius 3 is 2.88 bits per heavy atom. The van der Waals surface area contributed by atoms with E-state index in [1.165, 1.54) is 0 Å². The molecule has 3 rings (SSSR count). The molecule has 0 aliphatic carbocycles.